The lowest BCUT2D eigenvalue weighted by molar-refractivity contribution is 0.0735. The van der Waals surface area contributed by atoms with Gasteiger partial charge in [0.2, 0.25) is 5.82 Å². The zero-order chi connectivity index (χ0) is 23.5. The third kappa shape index (κ3) is 4.36. The van der Waals surface area contributed by atoms with Gasteiger partial charge in [-0.15, -0.1) is 0 Å². The van der Waals surface area contributed by atoms with E-state index in [2.05, 4.69) is 15.2 Å². The van der Waals surface area contributed by atoms with Crippen LogP contribution in [0.3, 0.4) is 0 Å². The van der Waals surface area contributed by atoms with Crippen LogP contribution < -0.4 is 11.2 Å². The molecule has 168 valence electrons. The van der Waals surface area contributed by atoms with Crippen molar-refractivity contribution in [1.29, 1.82) is 0 Å². The first-order valence-electron chi connectivity index (χ1n) is 10.3. The van der Waals surface area contributed by atoms with Crippen LogP contribution in [0.4, 0.5) is 0 Å². The highest BCUT2D eigenvalue weighted by Crippen LogP contribution is 2.13. The Hall–Kier alpha value is -4.34. The van der Waals surface area contributed by atoms with Crippen molar-refractivity contribution >= 4 is 5.91 Å². The smallest absolute Gasteiger partial charge is 0.333 e. The van der Waals surface area contributed by atoms with Gasteiger partial charge >= 0.3 is 17.5 Å². The van der Waals surface area contributed by atoms with Crippen LogP contribution in [0.2, 0.25) is 0 Å². The van der Waals surface area contributed by atoms with Crippen LogP contribution in [-0.4, -0.2) is 42.3 Å². The van der Waals surface area contributed by atoms with Crippen molar-refractivity contribution in [3.63, 3.8) is 0 Å². The standard InChI is InChI=1S/C23H22N6O4/c1-4-28-21(30)18(25-29(23(28)32)17-12-10-15(2)11-13-17)19-24-20(33-26-19)22(31)27(3)14-16-8-6-5-7-9-16/h5-13H,4,14H2,1-3H3. The first-order chi connectivity index (χ1) is 15.9. The number of aromatic nitrogens is 5. The minimum atomic E-state index is -0.664. The van der Waals surface area contributed by atoms with Gasteiger partial charge in [0, 0.05) is 20.1 Å². The van der Waals surface area contributed by atoms with Crippen molar-refractivity contribution < 1.29 is 9.32 Å². The molecule has 1 amide bonds. The van der Waals surface area contributed by atoms with Gasteiger partial charge in [-0.1, -0.05) is 53.2 Å². The lowest BCUT2D eigenvalue weighted by Crippen LogP contribution is -2.41. The second-order valence-electron chi connectivity index (χ2n) is 7.50. The fraction of sp³-hybridized carbons (Fsp3) is 0.217. The maximum absolute atomic E-state index is 12.9. The number of hydrogen-bond donors (Lipinski definition) is 0. The number of hydrogen-bond acceptors (Lipinski definition) is 7. The second-order valence-corrected chi connectivity index (χ2v) is 7.50. The summed E-state index contributed by atoms with van der Waals surface area (Å²) in [6.45, 7) is 4.07. The zero-order valence-corrected chi connectivity index (χ0v) is 18.4. The Morgan fingerprint density at radius 1 is 1.06 bits per heavy atom. The summed E-state index contributed by atoms with van der Waals surface area (Å²) in [5.41, 5.74) is 0.991. The van der Waals surface area contributed by atoms with Crippen LogP contribution in [0, 0.1) is 6.92 Å². The Morgan fingerprint density at radius 2 is 1.76 bits per heavy atom. The molecule has 10 nitrogen and oxygen atoms in total. The first-order valence-corrected chi connectivity index (χ1v) is 10.3. The van der Waals surface area contributed by atoms with E-state index in [1.807, 2.05) is 49.4 Å². The molecule has 2 aromatic carbocycles. The molecular weight excluding hydrogens is 424 g/mol. The van der Waals surface area contributed by atoms with Crippen molar-refractivity contribution in [2.75, 3.05) is 7.05 Å². The van der Waals surface area contributed by atoms with Crippen molar-refractivity contribution in [2.24, 2.45) is 0 Å². The average molecular weight is 446 g/mol. The molecule has 0 atom stereocenters. The average Bonchev–Trinajstić information content (AvgIpc) is 3.30. The van der Waals surface area contributed by atoms with E-state index < -0.39 is 17.2 Å². The van der Waals surface area contributed by atoms with E-state index in [1.54, 1.807) is 26.1 Å². The molecule has 33 heavy (non-hydrogen) atoms. The van der Waals surface area contributed by atoms with Crippen molar-refractivity contribution in [2.45, 2.75) is 26.9 Å². The summed E-state index contributed by atoms with van der Waals surface area (Å²) >= 11 is 0. The number of rotatable bonds is 6. The van der Waals surface area contributed by atoms with Gasteiger partial charge in [0.1, 0.15) is 0 Å². The maximum Gasteiger partial charge on any atom is 0.352 e. The highest BCUT2D eigenvalue weighted by Gasteiger charge is 2.24. The molecule has 4 aromatic rings. The molecule has 10 heteroatoms. The Bertz CT molecular complexity index is 1400. The molecule has 0 aliphatic carbocycles. The summed E-state index contributed by atoms with van der Waals surface area (Å²) in [6, 6.07) is 16.6. The lowest BCUT2D eigenvalue weighted by Gasteiger charge is -2.14. The van der Waals surface area contributed by atoms with Gasteiger partial charge in [-0.05, 0) is 31.5 Å². The fourth-order valence-electron chi connectivity index (χ4n) is 3.29. The molecule has 4 rings (SSSR count). The van der Waals surface area contributed by atoms with Crippen molar-refractivity contribution in [3.8, 4) is 17.2 Å². The van der Waals surface area contributed by atoms with Gasteiger partial charge in [0.15, 0.2) is 5.69 Å². The van der Waals surface area contributed by atoms with Crippen molar-refractivity contribution in [1.82, 2.24) is 29.4 Å². The maximum atomic E-state index is 12.9. The molecule has 0 unspecified atom stereocenters. The highest BCUT2D eigenvalue weighted by molar-refractivity contribution is 5.89. The number of carbonyl (C=O) groups is 1. The molecule has 0 aliphatic rings. The normalized spacial score (nSPS) is 10.9. The molecule has 0 saturated carbocycles. The third-order valence-corrected chi connectivity index (χ3v) is 5.08. The summed E-state index contributed by atoms with van der Waals surface area (Å²) < 4.78 is 7.27. The predicted molar refractivity (Wildman–Crippen MR) is 120 cm³/mol. The summed E-state index contributed by atoms with van der Waals surface area (Å²) in [5.74, 6) is -0.944. The Labute approximate surface area is 188 Å². The van der Waals surface area contributed by atoms with E-state index >= 15 is 0 Å². The van der Waals surface area contributed by atoms with Gasteiger partial charge in [-0.25, -0.2) is 4.79 Å². The van der Waals surface area contributed by atoms with Crippen molar-refractivity contribution in [3.05, 3.63) is 92.5 Å². The Morgan fingerprint density at radius 3 is 2.42 bits per heavy atom. The SMILES string of the molecule is CCn1c(=O)c(-c2noc(C(=O)N(C)Cc3ccccc3)n2)nn(-c2ccc(C)cc2)c1=O. The van der Waals surface area contributed by atoms with Gasteiger partial charge in [-0.2, -0.15) is 14.8 Å². The lowest BCUT2D eigenvalue weighted by atomic mass is 10.2. The minimum Gasteiger partial charge on any atom is -0.333 e. The summed E-state index contributed by atoms with van der Waals surface area (Å²) in [5, 5.41) is 7.98. The zero-order valence-electron chi connectivity index (χ0n) is 18.4. The summed E-state index contributed by atoms with van der Waals surface area (Å²) in [6.07, 6.45) is 0. The quantitative estimate of drug-likeness (QED) is 0.445. The van der Waals surface area contributed by atoms with Crippen LogP contribution in [0.15, 0.2) is 68.7 Å². The number of benzene rings is 2. The fourth-order valence-corrected chi connectivity index (χ4v) is 3.29. The van der Waals surface area contributed by atoms with Crippen LogP contribution in [0.1, 0.15) is 28.7 Å². The van der Waals surface area contributed by atoms with E-state index in [0.29, 0.717) is 12.2 Å². The molecule has 0 radical (unpaired) electrons. The number of aryl methyl sites for hydroxylation is 1. The molecule has 0 spiro atoms. The van der Waals surface area contributed by atoms with E-state index in [9.17, 15) is 14.4 Å². The van der Waals surface area contributed by atoms with E-state index in [0.717, 1.165) is 20.4 Å². The molecule has 0 aliphatic heterocycles. The third-order valence-electron chi connectivity index (χ3n) is 5.08. The molecule has 0 bridgehead atoms. The Kier molecular flexibility index (Phi) is 5.99. The number of nitrogens with zero attached hydrogens (tertiary/aromatic N) is 6. The van der Waals surface area contributed by atoms with Crippen LogP contribution in [0.5, 0.6) is 0 Å². The van der Waals surface area contributed by atoms with Crippen LogP contribution in [0.25, 0.3) is 17.2 Å². The van der Waals surface area contributed by atoms with Gasteiger partial charge in [0.25, 0.3) is 5.56 Å². The van der Waals surface area contributed by atoms with E-state index in [1.165, 1.54) is 4.90 Å². The Balaban J connectivity index is 1.70. The number of amides is 1. The summed E-state index contributed by atoms with van der Waals surface area (Å²) in [7, 11) is 1.61. The highest BCUT2D eigenvalue weighted by atomic mass is 16.5. The predicted octanol–water partition coefficient (Wildman–Crippen LogP) is 2.04. The topological polar surface area (TPSA) is 116 Å². The van der Waals surface area contributed by atoms with E-state index in [-0.39, 0.29) is 24.0 Å². The second kappa shape index (κ2) is 9.03. The minimum absolute atomic E-state index is 0.127. The summed E-state index contributed by atoms with van der Waals surface area (Å²) in [4.78, 5) is 44.0. The van der Waals surface area contributed by atoms with Gasteiger partial charge in [-0.3, -0.25) is 14.2 Å². The molecule has 2 aromatic heterocycles. The molecular formula is C23H22N6O4. The largest absolute Gasteiger partial charge is 0.352 e. The van der Waals surface area contributed by atoms with Gasteiger partial charge < -0.3 is 9.42 Å². The molecule has 2 heterocycles. The monoisotopic (exact) mass is 446 g/mol. The van der Waals surface area contributed by atoms with Crippen LogP contribution >= 0.6 is 0 Å². The van der Waals surface area contributed by atoms with Gasteiger partial charge in [0.05, 0.1) is 5.69 Å². The van der Waals surface area contributed by atoms with Crippen LogP contribution in [-0.2, 0) is 13.1 Å². The molecule has 0 N–H and O–H groups in total. The number of carbonyl (C=O) groups excluding carboxylic acids is 1. The molecule has 0 fully saturated rings. The molecule has 0 saturated heterocycles. The van der Waals surface area contributed by atoms with E-state index in [4.69, 9.17) is 4.52 Å². The first kappa shape index (κ1) is 21.9.